The first-order valence-corrected chi connectivity index (χ1v) is 8.42. The van der Waals surface area contributed by atoms with Gasteiger partial charge in [-0.15, -0.1) is 0 Å². The van der Waals surface area contributed by atoms with E-state index in [9.17, 15) is 18.4 Å². The van der Waals surface area contributed by atoms with Crippen LogP contribution >= 0.6 is 0 Å². The zero-order valence-corrected chi connectivity index (χ0v) is 14.8. The molecule has 4 nitrogen and oxygen atoms in total. The summed E-state index contributed by atoms with van der Waals surface area (Å²) in [6.07, 6.45) is 0. The van der Waals surface area contributed by atoms with Gasteiger partial charge < -0.3 is 4.74 Å². The molecule has 27 heavy (non-hydrogen) atoms. The summed E-state index contributed by atoms with van der Waals surface area (Å²) in [6, 6.07) is 11.6. The number of rotatable bonds is 5. The second-order valence-corrected chi connectivity index (χ2v) is 6.39. The van der Waals surface area contributed by atoms with E-state index < -0.39 is 30.0 Å². The maximum absolute atomic E-state index is 13.3. The van der Waals surface area contributed by atoms with Crippen molar-refractivity contribution in [2.75, 3.05) is 6.61 Å². The summed E-state index contributed by atoms with van der Waals surface area (Å²) in [4.78, 5) is 29.2. The normalized spacial score (nSPS) is 11.0. The van der Waals surface area contributed by atoms with Crippen molar-refractivity contribution in [3.63, 3.8) is 0 Å². The average Bonchev–Trinajstić information content (AvgIpc) is 2.66. The van der Waals surface area contributed by atoms with Gasteiger partial charge in [-0.2, -0.15) is 0 Å². The van der Waals surface area contributed by atoms with E-state index in [2.05, 4.69) is 4.98 Å². The van der Waals surface area contributed by atoms with Crippen molar-refractivity contribution in [2.24, 2.45) is 0 Å². The van der Waals surface area contributed by atoms with E-state index in [1.165, 1.54) is 0 Å². The van der Waals surface area contributed by atoms with Gasteiger partial charge in [0.2, 0.25) is 0 Å². The van der Waals surface area contributed by atoms with Gasteiger partial charge in [-0.3, -0.25) is 9.78 Å². The van der Waals surface area contributed by atoms with Gasteiger partial charge in [-0.05, 0) is 36.2 Å². The van der Waals surface area contributed by atoms with Gasteiger partial charge in [-0.25, -0.2) is 13.6 Å². The van der Waals surface area contributed by atoms with Crippen LogP contribution < -0.4 is 0 Å². The summed E-state index contributed by atoms with van der Waals surface area (Å²) in [5.74, 6) is -3.37. The number of pyridine rings is 1. The molecule has 2 aromatic carbocycles. The molecule has 0 saturated heterocycles. The summed E-state index contributed by atoms with van der Waals surface area (Å²) >= 11 is 0. The molecule has 0 amide bonds. The highest BCUT2D eigenvalue weighted by Crippen LogP contribution is 2.23. The van der Waals surface area contributed by atoms with Crippen LogP contribution in [0.1, 0.15) is 46.2 Å². The first-order valence-electron chi connectivity index (χ1n) is 8.42. The third-order valence-electron chi connectivity index (χ3n) is 4.12. The number of hydrogen-bond acceptors (Lipinski definition) is 4. The monoisotopic (exact) mass is 369 g/mol. The SMILES string of the molecule is CC(C)c1cc(C(=O)OCC(=O)c2ccc(F)c(F)c2)c2ccccc2n1. The molecule has 0 unspecified atom stereocenters. The lowest BCUT2D eigenvalue weighted by Crippen LogP contribution is -2.15. The maximum Gasteiger partial charge on any atom is 0.339 e. The number of ketones is 1. The van der Waals surface area contributed by atoms with E-state index in [0.29, 0.717) is 16.5 Å². The summed E-state index contributed by atoms with van der Waals surface area (Å²) in [5, 5.41) is 0.618. The molecule has 6 heteroatoms. The van der Waals surface area contributed by atoms with E-state index in [-0.39, 0.29) is 11.5 Å². The molecule has 0 radical (unpaired) electrons. The number of nitrogens with zero attached hydrogens (tertiary/aromatic N) is 1. The highest BCUT2D eigenvalue weighted by Gasteiger charge is 2.18. The quantitative estimate of drug-likeness (QED) is 0.484. The van der Waals surface area contributed by atoms with Crippen LogP contribution in [0.4, 0.5) is 8.78 Å². The zero-order chi connectivity index (χ0) is 19.6. The average molecular weight is 369 g/mol. The molecular formula is C21H17F2NO3. The number of aromatic nitrogens is 1. The van der Waals surface area contributed by atoms with Crippen molar-refractivity contribution < 1.29 is 23.1 Å². The molecule has 0 bridgehead atoms. The topological polar surface area (TPSA) is 56.3 Å². The molecule has 3 aromatic rings. The minimum atomic E-state index is -1.13. The third-order valence-corrected chi connectivity index (χ3v) is 4.12. The molecule has 0 spiro atoms. The van der Waals surface area contributed by atoms with Crippen LogP contribution in [-0.2, 0) is 4.74 Å². The lowest BCUT2D eigenvalue weighted by molar-refractivity contribution is 0.0476. The number of carbonyl (C=O) groups is 2. The van der Waals surface area contributed by atoms with Gasteiger partial charge >= 0.3 is 5.97 Å². The second kappa shape index (κ2) is 7.61. The molecule has 138 valence electrons. The van der Waals surface area contributed by atoms with Crippen LogP contribution in [0.25, 0.3) is 10.9 Å². The Bertz CT molecular complexity index is 1030. The highest BCUT2D eigenvalue weighted by atomic mass is 19.2. The molecule has 1 heterocycles. The number of esters is 1. The smallest absolute Gasteiger partial charge is 0.339 e. The van der Waals surface area contributed by atoms with Crippen molar-refractivity contribution in [2.45, 2.75) is 19.8 Å². The lowest BCUT2D eigenvalue weighted by Gasteiger charge is -2.11. The molecule has 0 aliphatic rings. The van der Waals surface area contributed by atoms with E-state index in [4.69, 9.17) is 4.74 Å². The Morgan fingerprint density at radius 2 is 1.78 bits per heavy atom. The molecule has 0 atom stereocenters. The molecular weight excluding hydrogens is 352 g/mol. The number of halogens is 2. The fourth-order valence-electron chi connectivity index (χ4n) is 2.62. The Morgan fingerprint density at radius 3 is 2.48 bits per heavy atom. The maximum atomic E-state index is 13.3. The van der Waals surface area contributed by atoms with Gasteiger partial charge in [0.05, 0.1) is 11.1 Å². The first-order chi connectivity index (χ1) is 12.9. The van der Waals surface area contributed by atoms with Crippen LogP contribution in [0.15, 0.2) is 48.5 Å². The number of benzene rings is 2. The van der Waals surface area contributed by atoms with Crippen LogP contribution in [-0.4, -0.2) is 23.3 Å². The minimum Gasteiger partial charge on any atom is -0.454 e. The molecule has 0 aliphatic carbocycles. The van der Waals surface area contributed by atoms with E-state index in [0.717, 1.165) is 23.9 Å². The fourth-order valence-corrected chi connectivity index (χ4v) is 2.62. The van der Waals surface area contributed by atoms with Gasteiger partial charge in [0.25, 0.3) is 0 Å². The number of ether oxygens (including phenoxy) is 1. The van der Waals surface area contributed by atoms with Crippen molar-refractivity contribution in [1.82, 2.24) is 4.98 Å². The standard InChI is InChI=1S/C21H17F2NO3/c1-12(2)19-10-15(14-5-3-4-6-18(14)24-19)21(26)27-11-20(25)13-7-8-16(22)17(23)9-13/h3-10,12H,11H2,1-2H3. The van der Waals surface area contributed by atoms with Gasteiger partial charge in [0, 0.05) is 16.6 Å². The van der Waals surface area contributed by atoms with E-state index >= 15 is 0 Å². The Morgan fingerprint density at radius 1 is 1.04 bits per heavy atom. The van der Waals surface area contributed by atoms with E-state index in [1.54, 1.807) is 24.3 Å². The van der Waals surface area contributed by atoms with Gasteiger partial charge in [-0.1, -0.05) is 32.0 Å². The second-order valence-electron chi connectivity index (χ2n) is 6.39. The van der Waals surface area contributed by atoms with Crippen molar-refractivity contribution in [1.29, 1.82) is 0 Å². The van der Waals surface area contributed by atoms with Crippen LogP contribution in [0.5, 0.6) is 0 Å². The number of para-hydroxylation sites is 1. The van der Waals surface area contributed by atoms with Crippen molar-refractivity contribution in [3.05, 3.63) is 77.0 Å². The summed E-state index contributed by atoms with van der Waals surface area (Å²) in [5.41, 5.74) is 1.63. The molecule has 0 N–H and O–H groups in total. The summed E-state index contributed by atoms with van der Waals surface area (Å²) in [6.45, 7) is 3.34. The summed E-state index contributed by atoms with van der Waals surface area (Å²) in [7, 11) is 0. The Kier molecular flexibility index (Phi) is 5.26. The largest absolute Gasteiger partial charge is 0.454 e. The Balaban J connectivity index is 1.83. The Hall–Kier alpha value is -3.15. The van der Waals surface area contributed by atoms with E-state index in [1.807, 2.05) is 19.9 Å². The van der Waals surface area contributed by atoms with Crippen LogP contribution in [0.2, 0.25) is 0 Å². The summed E-state index contributed by atoms with van der Waals surface area (Å²) < 4.78 is 31.4. The van der Waals surface area contributed by atoms with Gasteiger partial charge in [0.1, 0.15) is 0 Å². The predicted molar refractivity (Wildman–Crippen MR) is 96.8 cm³/mol. The Labute approximate surface area is 154 Å². The zero-order valence-electron chi connectivity index (χ0n) is 14.8. The lowest BCUT2D eigenvalue weighted by atomic mass is 10.0. The third kappa shape index (κ3) is 4.00. The van der Waals surface area contributed by atoms with Crippen molar-refractivity contribution in [3.8, 4) is 0 Å². The molecule has 0 fully saturated rings. The number of Topliss-reactive ketones (excluding diaryl/α,β-unsaturated/α-hetero) is 1. The number of fused-ring (bicyclic) bond motifs is 1. The number of hydrogen-bond donors (Lipinski definition) is 0. The fraction of sp³-hybridized carbons (Fsp3) is 0.190. The highest BCUT2D eigenvalue weighted by molar-refractivity contribution is 6.05. The van der Waals surface area contributed by atoms with Crippen molar-refractivity contribution >= 4 is 22.7 Å². The molecule has 3 rings (SSSR count). The molecule has 1 aromatic heterocycles. The van der Waals surface area contributed by atoms with Gasteiger partial charge in [0.15, 0.2) is 24.0 Å². The molecule has 0 aliphatic heterocycles. The molecule has 0 saturated carbocycles. The first kappa shape index (κ1) is 18.6. The minimum absolute atomic E-state index is 0.0656. The predicted octanol–water partition coefficient (Wildman–Crippen LogP) is 4.68. The van der Waals surface area contributed by atoms with Crippen LogP contribution in [0.3, 0.4) is 0 Å². The number of carbonyl (C=O) groups excluding carboxylic acids is 2. The van der Waals surface area contributed by atoms with Crippen LogP contribution in [0, 0.1) is 11.6 Å².